The van der Waals surface area contributed by atoms with Crippen LogP contribution in [-0.4, -0.2) is 47.9 Å². The third kappa shape index (κ3) is 3.41. The lowest BCUT2D eigenvalue weighted by Crippen LogP contribution is -2.37. The van der Waals surface area contributed by atoms with E-state index in [1.807, 2.05) is 4.90 Å². The number of nitrogens with two attached hydrogens (primary N) is 2. The molecule has 8 heteroatoms. The lowest BCUT2D eigenvalue weighted by Gasteiger charge is -2.34. The fourth-order valence-electron chi connectivity index (χ4n) is 4.44. The second-order valence-corrected chi connectivity index (χ2v) is 8.81. The third-order valence-corrected chi connectivity index (χ3v) is 7.04. The number of fused-ring (bicyclic) bond motifs is 1. The molecule has 28 heavy (non-hydrogen) atoms. The number of piperidine rings is 2. The Morgan fingerprint density at radius 1 is 1.18 bits per heavy atom. The number of anilines is 2. The van der Waals surface area contributed by atoms with Gasteiger partial charge in [0.25, 0.3) is 5.91 Å². The first-order valence-corrected chi connectivity index (χ1v) is 10.8. The van der Waals surface area contributed by atoms with E-state index in [0.29, 0.717) is 17.1 Å². The van der Waals surface area contributed by atoms with Crippen LogP contribution in [0.4, 0.5) is 11.5 Å². The quantitative estimate of drug-likeness (QED) is 0.822. The van der Waals surface area contributed by atoms with Gasteiger partial charge in [-0.2, -0.15) is 0 Å². The fraction of sp³-hybridized carbons (Fsp3) is 0.550. The number of nitrogen functional groups attached to an aromatic ring is 1. The van der Waals surface area contributed by atoms with E-state index in [1.54, 1.807) is 6.92 Å². The molecule has 0 aliphatic carbocycles. The Morgan fingerprint density at radius 2 is 1.93 bits per heavy atom. The molecule has 0 aromatic carbocycles. The summed E-state index contributed by atoms with van der Waals surface area (Å²) in [6.45, 7) is 5.07. The van der Waals surface area contributed by atoms with Gasteiger partial charge in [0.15, 0.2) is 0 Å². The van der Waals surface area contributed by atoms with E-state index >= 15 is 0 Å². The minimum atomic E-state index is -0.514. The summed E-state index contributed by atoms with van der Waals surface area (Å²) in [6.07, 6.45) is 5.52. The van der Waals surface area contributed by atoms with Crippen molar-refractivity contribution < 1.29 is 9.59 Å². The number of carbonyl (C=O) groups excluding carboxylic acids is 2. The molecule has 4 heterocycles. The van der Waals surface area contributed by atoms with Crippen molar-refractivity contribution in [3.63, 3.8) is 0 Å². The Kier molecular flexibility index (Phi) is 5.14. The maximum absolute atomic E-state index is 11.9. The Labute approximate surface area is 168 Å². The van der Waals surface area contributed by atoms with E-state index < -0.39 is 5.91 Å². The number of hydrogen-bond acceptors (Lipinski definition) is 6. The molecule has 0 saturated carbocycles. The molecular weight excluding hydrogens is 374 g/mol. The molecule has 0 radical (unpaired) electrons. The Balaban J connectivity index is 1.83. The van der Waals surface area contributed by atoms with Crippen molar-refractivity contribution in [2.24, 2.45) is 5.73 Å². The molecule has 0 spiro atoms. The van der Waals surface area contributed by atoms with Crippen molar-refractivity contribution in [3.05, 3.63) is 16.5 Å². The summed E-state index contributed by atoms with van der Waals surface area (Å²) in [5.74, 6) is 0.714. The highest BCUT2D eigenvalue weighted by atomic mass is 32.1. The van der Waals surface area contributed by atoms with Gasteiger partial charge in [-0.05, 0) is 43.7 Å². The first-order valence-electron chi connectivity index (χ1n) is 9.99. The zero-order valence-corrected chi connectivity index (χ0v) is 17.1. The monoisotopic (exact) mass is 401 g/mol. The zero-order chi connectivity index (χ0) is 19.8. The maximum atomic E-state index is 11.9. The molecule has 2 amide bonds. The van der Waals surface area contributed by atoms with E-state index in [-0.39, 0.29) is 11.8 Å². The molecule has 2 aliphatic heterocycles. The number of carbonyl (C=O) groups is 2. The average Bonchev–Trinajstić information content (AvgIpc) is 3.05. The van der Waals surface area contributed by atoms with E-state index in [0.717, 1.165) is 66.9 Å². The predicted octanol–water partition coefficient (Wildman–Crippen LogP) is 2.69. The molecule has 1 unspecified atom stereocenters. The minimum absolute atomic E-state index is 0.0994. The van der Waals surface area contributed by atoms with Gasteiger partial charge in [-0.25, -0.2) is 4.98 Å². The molecule has 2 saturated heterocycles. The number of thiophene rings is 1. The van der Waals surface area contributed by atoms with Crippen LogP contribution >= 0.6 is 11.3 Å². The lowest BCUT2D eigenvalue weighted by atomic mass is 9.88. The van der Waals surface area contributed by atoms with Crippen LogP contribution in [0.2, 0.25) is 0 Å². The van der Waals surface area contributed by atoms with E-state index in [4.69, 9.17) is 16.5 Å². The fourth-order valence-corrected chi connectivity index (χ4v) is 5.42. The molecule has 1 atom stereocenters. The first kappa shape index (κ1) is 19.0. The standard InChI is InChI=1S/C20H27N5O2S/c1-12(26)25-9-5-6-13(11-25)14-10-15(24-7-3-2-4-8-24)23-20-16(14)17(21)18(28-20)19(22)27/h10,13H,2-9,11,21H2,1H3,(H2,22,27). The number of likely N-dealkylation sites (tertiary alicyclic amines) is 1. The normalized spacial score (nSPS) is 20.5. The van der Waals surface area contributed by atoms with Gasteiger partial charge in [0.1, 0.15) is 15.5 Å². The number of amides is 2. The summed E-state index contributed by atoms with van der Waals surface area (Å²) in [6, 6.07) is 2.13. The van der Waals surface area contributed by atoms with Crippen molar-refractivity contribution in [2.45, 2.75) is 44.9 Å². The Hall–Kier alpha value is -2.35. The molecule has 4 N–H and O–H groups in total. The summed E-state index contributed by atoms with van der Waals surface area (Å²) in [7, 11) is 0. The van der Waals surface area contributed by atoms with Crippen molar-refractivity contribution in [3.8, 4) is 0 Å². The minimum Gasteiger partial charge on any atom is -0.397 e. The van der Waals surface area contributed by atoms with E-state index in [1.165, 1.54) is 17.8 Å². The molecule has 150 valence electrons. The van der Waals surface area contributed by atoms with Crippen LogP contribution in [0.25, 0.3) is 10.2 Å². The van der Waals surface area contributed by atoms with Gasteiger partial charge < -0.3 is 21.3 Å². The summed E-state index contributed by atoms with van der Waals surface area (Å²) < 4.78 is 0. The second kappa shape index (κ2) is 7.58. The number of nitrogens with zero attached hydrogens (tertiary/aromatic N) is 3. The average molecular weight is 402 g/mol. The van der Waals surface area contributed by atoms with Crippen molar-refractivity contribution >= 4 is 44.9 Å². The summed E-state index contributed by atoms with van der Waals surface area (Å²) in [5.41, 5.74) is 13.4. The molecule has 7 nitrogen and oxygen atoms in total. The van der Waals surface area contributed by atoms with Gasteiger partial charge >= 0.3 is 0 Å². The summed E-state index contributed by atoms with van der Waals surface area (Å²) in [4.78, 5) is 34.0. The van der Waals surface area contributed by atoms with Crippen LogP contribution in [0, 0.1) is 0 Å². The van der Waals surface area contributed by atoms with Crippen LogP contribution in [0.3, 0.4) is 0 Å². The number of rotatable bonds is 3. The van der Waals surface area contributed by atoms with E-state index in [9.17, 15) is 9.59 Å². The van der Waals surface area contributed by atoms with Gasteiger partial charge in [0.05, 0.1) is 5.69 Å². The number of primary amides is 1. The number of hydrogen-bond donors (Lipinski definition) is 2. The van der Waals surface area contributed by atoms with Gasteiger partial charge in [-0.3, -0.25) is 9.59 Å². The highest BCUT2D eigenvalue weighted by molar-refractivity contribution is 7.21. The second-order valence-electron chi connectivity index (χ2n) is 7.81. The summed E-state index contributed by atoms with van der Waals surface area (Å²) >= 11 is 1.28. The molecule has 2 fully saturated rings. The van der Waals surface area contributed by atoms with Crippen LogP contribution in [0.15, 0.2) is 6.07 Å². The highest BCUT2D eigenvalue weighted by Gasteiger charge is 2.28. The smallest absolute Gasteiger partial charge is 0.260 e. The highest BCUT2D eigenvalue weighted by Crippen LogP contribution is 2.41. The first-order chi connectivity index (χ1) is 13.5. The van der Waals surface area contributed by atoms with Gasteiger partial charge in [-0.1, -0.05) is 0 Å². The van der Waals surface area contributed by atoms with Gasteiger partial charge in [-0.15, -0.1) is 11.3 Å². The number of aromatic nitrogens is 1. The van der Waals surface area contributed by atoms with Crippen LogP contribution in [0.5, 0.6) is 0 Å². The van der Waals surface area contributed by atoms with Crippen molar-refractivity contribution in [1.82, 2.24) is 9.88 Å². The van der Waals surface area contributed by atoms with Crippen LogP contribution in [-0.2, 0) is 4.79 Å². The third-order valence-electron chi connectivity index (χ3n) is 5.93. The van der Waals surface area contributed by atoms with Crippen molar-refractivity contribution in [1.29, 1.82) is 0 Å². The topological polar surface area (TPSA) is 106 Å². The molecule has 0 bridgehead atoms. The Bertz CT molecular complexity index is 919. The molecular formula is C20H27N5O2S. The maximum Gasteiger partial charge on any atom is 0.260 e. The summed E-state index contributed by atoms with van der Waals surface area (Å²) in [5, 5.41) is 0.843. The van der Waals surface area contributed by atoms with Gasteiger partial charge in [0, 0.05) is 44.4 Å². The lowest BCUT2D eigenvalue weighted by molar-refractivity contribution is -0.130. The molecule has 2 aromatic rings. The predicted molar refractivity (Wildman–Crippen MR) is 113 cm³/mol. The van der Waals surface area contributed by atoms with E-state index in [2.05, 4.69) is 11.0 Å². The Morgan fingerprint density at radius 3 is 2.61 bits per heavy atom. The van der Waals surface area contributed by atoms with Crippen LogP contribution < -0.4 is 16.4 Å². The van der Waals surface area contributed by atoms with Crippen LogP contribution in [0.1, 0.15) is 60.2 Å². The SMILES string of the molecule is CC(=O)N1CCCC(c2cc(N3CCCCC3)nc3sc(C(N)=O)c(N)c23)C1. The van der Waals surface area contributed by atoms with Gasteiger partial charge in [0.2, 0.25) is 5.91 Å². The van der Waals surface area contributed by atoms with Crippen molar-refractivity contribution in [2.75, 3.05) is 36.8 Å². The molecule has 2 aliphatic rings. The molecule has 4 rings (SSSR count). The largest absolute Gasteiger partial charge is 0.397 e. The number of pyridine rings is 1. The zero-order valence-electron chi connectivity index (χ0n) is 16.2. The molecule has 2 aromatic heterocycles.